The average molecular weight is 649 g/mol. The zero-order valence-electron chi connectivity index (χ0n) is 11.4. The maximum absolute atomic E-state index is 10.8. The van der Waals surface area contributed by atoms with Crippen LogP contribution in [0.4, 0.5) is 0 Å². The van der Waals surface area contributed by atoms with Crippen LogP contribution in [-0.2, 0) is 19.1 Å². The third-order valence-corrected chi connectivity index (χ3v) is 8.41. The molecule has 0 aliphatic heterocycles. The highest BCUT2D eigenvalue weighted by atomic mass is 79.9. The van der Waals surface area contributed by atoms with Crippen LogP contribution in [0.25, 0.3) is 0 Å². The van der Waals surface area contributed by atoms with E-state index in [0.29, 0.717) is 8.95 Å². The number of nitrogens with two attached hydrogens (primary N) is 1. The first kappa shape index (κ1) is 22.6. The summed E-state index contributed by atoms with van der Waals surface area (Å²) in [5.41, 5.74) is 0. The van der Waals surface area contributed by atoms with Gasteiger partial charge in [0.1, 0.15) is 0 Å². The molecule has 2 N–H and O–H groups in total. The lowest BCUT2D eigenvalue weighted by molar-refractivity contribution is 0.597. The molecule has 132 valence electrons. The van der Waals surface area contributed by atoms with Gasteiger partial charge in [0.15, 0.2) is 0 Å². The van der Waals surface area contributed by atoms with Crippen molar-refractivity contribution in [1.82, 2.24) is 0 Å². The molecule has 0 saturated heterocycles. The third kappa shape index (κ3) is 7.02. The van der Waals surface area contributed by atoms with Crippen molar-refractivity contribution < 1.29 is 16.8 Å². The molecule has 2 rings (SSSR count). The predicted molar refractivity (Wildman–Crippen MR) is 108 cm³/mol. The lowest BCUT2D eigenvalue weighted by Gasteiger charge is -1.99. The largest absolute Gasteiger partial charge is 0.261 e. The van der Waals surface area contributed by atoms with Crippen molar-refractivity contribution >= 4 is 93.5 Å². The van der Waals surface area contributed by atoms with Crippen LogP contribution in [0.15, 0.2) is 64.1 Å². The summed E-state index contributed by atoms with van der Waals surface area (Å²) in [7, 11) is -2.09. The van der Waals surface area contributed by atoms with Gasteiger partial charge in [-0.1, -0.05) is 0 Å². The van der Waals surface area contributed by atoms with E-state index in [1.807, 2.05) is 0 Å². The van der Waals surface area contributed by atoms with Crippen LogP contribution < -0.4 is 5.14 Å². The summed E-state index contributed by atoms with van der Waals surface area (Å²) in [5.74, 6) is 0. The Bertz CT molecular complexity index is 886. The lowest BCUT2D eigenvalue weighted by Crippen LogP contribution is -2.11. The molecule has 0 atom stereocenters. The van der Waals surface area contributed by atoms with Gasteiger partial charge in [0, 0.05) is 28.6 Å². The molecule has 0 aliphatic rings. The number of primary sulfonamides is 1. The molecule has 0 aromatic heterocycles. The van der Waals surface area contributed by atoms with Gasteiger partial charge in [-0.3, -0.25) is 0 Å². The van der Waals surface area contributed by atoms with Crippen molar-refractivity contribution in [3.63, 3.8) is 0 Å². The molecule has 0 amide bonds. The van der Waals surface area contributed by atoms with Crippen molar-refractivity contribution in [1.29, 1.82) is 0 Å². The molecule has 0 saturated carbocycles. The van der Waals surface area contributed by atoms with E-state index in [9.17, 15) is 16.8 Å². The highest BCUT2D eigenvalue weighted by Gasteiger charge is 2.10. The minimum absolute atomic E-state index is 0.0826. The first-order chi connectivity index (χ1) is 10.8. The third-order valence-electron chi connectivity index (χ3n) is 2.39. The first-order valence-corrected chi connectivity index (χ1v) is 12.7. The van der Waals surface area contributed by atoms with Crippen LogP contribution in [0, 0.1) is 0 Å². The molecule has 5 nitrogen and oxygen atoms in total. The molecule has 0 aliphatic carbocycles. The van der Waals surface area contributed by atoms with Crippen LogP contribution >= 0.6 is 74.4 Å². The molecule has 0 unspecified atom stereocenters. The van der Waals surface area contributed by atoms with E-state index in [-0.39, 0.29) is 9.79 Å². The normalized spacial score (nSPS) is 11.6. The molecule has 0 bridgehead atoms. The van der Waals surface area contributed by atoms with Crippen molar-refractivity contribution in [2.75, 3.05) is 0 Å². The minimum atomic E-state index is -3.62. The number of hydrogen-bond acceptors (Lipinski definition) is 4. The average Bonchev–Trinajstić information content (AvgIpc) is 2.43. The Kier molecular flexibility index (Phi) is 8.40. The smallest absolute Gasteiger partial charge is 0.225 e. The molecule has 0 heterocycles. The van der Waals surface area contributed by atoms with Crippen LogP contribution in [0.2, 0.25) is 0 Å². The maximum atomic E-state index is 10.8. The predicted octanol–water partition coefficient (Wildman–Crippen LogP) is 5.00. The molecular formula is C12H8Br4ClNO4S2. The SMILES string of the molecule is NS(=O)(=O)c1ccc(Br)c(Br)c1.O=S(=O)(Cl)c1ccc(Br)c(Br)c1. The summed E-state index contributed by atoms with van der Waals surface area (Å²) < 4.78 is 46.2. The van der Waals surface area contributed by atoms with E-state index >= 15 is 0 Å². The van der Waals surface area contributed by atoms with Crippen LogP contribution in [-0.4, -0.2) is 16.8 Å². The van der Waals surface area contributed by atoms with Gasteiger partial charge in [-0.2, -0.15) is 0 Å². The fourth-order valence-electron chi connectivity index (χ4n) is 1.28. The molecule has 2 aromatic carbocycles. The first-order valence-electron chi connectivity index (χ1n) is 5.70. The monoisotopic (exact) mass is 645 g/mol. The fourth-order valence-corrected chi connectivity index (χ4v) is 4.15. The van der Waals surface area contributed by atoms with Gasteiger partial charge in [0.2, 0.25) is 10.0 Å². The van der Waals surface area contributed by atoms with Gasteiger partial charge in [-0.05, 0) is 100 Å². The van der Waals surface area contributed by atoms with Crippen LogP contribution in [0.5, 0.6) is 0 Å². The minimum Gasteiger partial charge on any atom is -0.225 e. The van der Waals surface area contributed by atoms with Gasteiger partial charge < -0.3 is 0 Å². The lowest BCUT2D eigenvalue weighted by atomic mass is 10.4. The van der Waals surface area contributed by atoms with Crippen molar-refractivity contribution in [3.8, 4) is 0 Å². The number of halogens is 5. The van der Waals surface area contributed by atoms with Crippen molar-refractivity contribution in [3.05, 3.63) is 54.3 Å². The Balaban J connectivity index is 0.000000240. The standard InChI is InChI=1S/C6H3Br2ClO2S.C6H5Br2NO2S/c2*7-5-2-1-4(3-6(5)8)12(9,10)11/h1-3H;1-3H,(H2,9,10,11). The van der Waals surface area contributed by atoms with Gasteiger partial charge in [0.25, 0.3) is 9.05 Å². The zero-order chi connectivity index (χ0) is 18.7. The van der Waals surface area contributed by atoms with Gasteiger partial charge in [-0.15, -0.1) is 0 Å². The molecular weight excluding hydrogens is 641 g/mol. The van der Waals surface area contributed by atoms with E-state index in [0.717, 1.165) is 8.95 Å². The van der Waals surface area contributed by atoms with Gasteiger partial charge in [0.05, 0.1) is 9.79 Å². The molecule has 0 spiro atoms. The summed E-state index contributed by atoms with van der Waals surface area (Å²) in [6.07, 6.45) is 0. The van der Waals surface area contributed by atoms with E-state index in [2.05, 4.69) is 63.7 Å². The molecule has 2 aromatic rings. The highest BCUT2D eigenvalue weighted by Crippen LogP contribution is 2.27. The Morgan fingerprint density at radius 2 is 1.08 bits per heavy atom. The topological polar surface area (TPSA) is 94.3 Å². The fraction of sp³-hybridized carbons (Fsp3) is 0. The second kappa shape index (κ2) is 8.94. The van der Waals surface area contributed by atoms with E-state index in [4.69, 9.17) is 15.8 Å². The van der Waals surface area contributed by atoms with Crippen molar-refractivity contribution in [2.24, 2.45) is 5.14 Å². The Morgan fingerprint density at radius 1 is 0.708 bits per heavy atom. The Hall–Kier alpha value is 0.510. The number of sulfonamides is 1. The summed E-state index contributed by atoms with van der Waals surface area (Å²) >= 11 is 12.8. The highest BCUT2D eigenvalue weighted by molar-refractivity contribution is 9.13. The van der Waals surface area contributed by atoms with E-state index < -0.39 is 19.1 Å². The van der Waals surface area contributed by atoms with E-state index in [1.54, 1.807) is 12.1 Å². The Labute approximate surface area is 177 Å². The second-order valence-corrected chi connectivity index (χ2v) is 11.7. The molecule has 0 radical (unpaired) electrons. The van der Waals surface area contributed by atoms with Gasteiger partial charge in [-0.25, -0.2) is 22.0 Å². The molecule has 24 heavy (non-hydrogen) atoms. The number of rotatable bonds is 2. The van der Waals surface area contributed by atoms with E-state index in [1.165, 1.54) is 24.3 Å². The Morgan fingerprint density at radius 3 is 1.42 bits per heavy atom. The van der Waals surface area contributed by atoms with Crippen LogP contribution in [0.3, 0.4) is 0 Å². The number of benzene rings is 2. The van der Waals surface area contributed by atoms with Crippen molar-refractivity contribution in [2.45, 2.75) is 9.79 Å². The second-order valence-electron chi connectivity index (χ2n) is 4.13. The molecule has 12 heteroatoms. The maximum Gasteiger partial charge on any atom is 0.261 e. The quantitative estimate of drug-likeness (QED) is 0.464. The summed E-state index contributed by atoms with van der Waals surface area (Å²) in [6.45, 7) is 0. The summed E-state index contributed by atoms with van der Waals surface area (Å²) in [5, 5.41) is 4.91. The number of hydrogen-bond donors (Lipinski definition) is 1. The van der Waals surface area contributed by atoms with Crippen LogP contribution in [0.1, 0.15) is 0 Å². The van der Waals surface area contributed by atoms with Gasteiger partial charge >= 0.3 is 0 Å². The molecule has 0 fully saturated rings. The zero-order valence-corrected chi connectivity index (χ0v) is 20.1. The summed E-state index contributed by atoms with van der Waals surface area (Å²) in [4.78, 5) is 0.178. The summed E-state index contributed by atoms with van der Waals surface area (Å²) in [6, 6.07) is 8.97.